The number of ether oxygens (including phenoxy) is 1. The number of hydrogen-bond acceptors (Lipinski definition) is 2. The van der Waals surface area contributed by atoms with Crippen LogP contribution in [-0.2, 0) is 11.2 Å². The Kier molecular flexibility index (Phi) is 4.50. The third kappa shape index (κ3) is 3.19. The average Bonchev–Trinajstić information content (AvgIpc) is 2.28. The van der Waals surface area contributed by atoms with E-state index in [1.807, 2.05) is 12.1 Å². The Morgan fingerprint density at radius 2 is 2.06 bits per heavy atom. The van der Waals surface area contributed by atoms with E-state index in [-0.39, 0.29) is 5.97 Å². The van der Waals surface area contributed by atoms with Crippen LogP contribution >= 0.6 is 0 Å². The van der Waals surface area contributed by atoms with Gasteiger partial charge in [0.2, 0.25) is 0 Å². The van der Waals surface area contributed by atoms with Crippen molar-refractivity contribution in [3.63, 3.8) is 0 Å². The molecule has 0 bridgehead atoms. The highest BCUT2D eigenvalue weighted by Crippen LogP contribution is 2.28. The normalized spacial score (nSPS) is 10.4. The molecule has 0 radical (unpaired) electrons. The molecule has 0 spiro atoms. The molecule has 0 amide bonds. The van der Waals surface area contributed by atoms with E-state index >= 15 is 0 Å². The van der Waals surface area contributed by atoms with E-state index in [0.717, 1.165) is 12.0 Å². The molecule has 1 aromatic rings. The molecule has 0 saturated carbocycles. The Balaban J connectivity index is 3.11. The van der Waals surface area contributed by atoms with Crippen LogP contribution in [0.4, 0.5) is 0 Å². The van der Waals surface area contributed by atoms with Gasteiger partial charge in [0, 0.05) is 5.57 Å². The molecule has 17 heavy (non-hydrogen) atoms. The maximum Gasteiger partial charge on any atom is 0.338 e. The van der Waals surface area contributed by atoms with E-state index in [4.69, 9.17) is 4.74 Å². The van der Waals surface area contributed by atoms with Crippen LogP contribution in [0.3, 0.4) is 0 Å². The van der Waals surface area contributed by atoms with Crippen LogP contribution in [-0.4, -0.2) is 5.97 Å². The van der Waals surface area contributed by atoms with Gasteiger partial charge in [-0.25, -0.2) is 4.79 Å². The van der Waals surface area contributed by atoms with Crippen molar-refractivity contribution in [1.29, 1.82) is 0 Å². The summed E-state index contributed by atoms with van der Waals surface area (Å²) in [6.45, 7) is 11.6. The lowest BCUT2D eigenvalue weighted by molar-refractivity contribution is -0.130. The Morgan fingerprint density at radius 1 is 1.41 bits per heavy atom. The average molecular weight is 232 g/mol. The SMILES string of the molecule is C=C(C)C(=O)Oc1cccc(C(C)C)c1CC. The van der Waals surface area contributed by atoms with Gasteiger partial charge >= 0.3 is 5.97 Å². The van der Waals surface area contributed by atoms with Crippen molar-refractivity contribution >= 4 is 5.97 Å². The van der Waals surface area contributed by atoms with Crippen LogP contribution in [0.25, 0.3) is 0 Å². The van der Waals surface area contributed by atoms with E-state index in [1.54, 1.807) is 6.92 Å². The van der Waals surface area contributed by atoms with E-state index in [9.17, 15) is 4.79 Å². The molecule has 0 aliphatic heterocycles. The molecular formula is C15H20O2. The largest absolute Gasteiger partial charge is 0.423 e. The Labute approximate surface area is 103 Å². The second-order valence-corrected chi connectivity index (χ2v) is 4.50. The number of hydrogen-bond donors (Lipinski definition) is 0. The summed E-state index contributed by atoms with van der Waals surface area (Å²) in [5.74, 6) is 0.723. The van der Waals surface area contributed by atoms with Gasteiger partial charge in [0.1, 0.15) is 5.75 Å². The predicted molar refractivity (Wildman–Crippen MR) is 70.4 cm³/mol. The standard InChI is InChI=1S/C15H20O2/c1-6-12-13(10(2)3)8-7-9-14(12)17-15(16)11(4)5/h7-10H,4,6H2,1-3,5H3. The summed E-state index contributed by atoms with van der Waals surface area (Å²) in [4.78, 5) is 11.5. The molecule has 0 unspecified atom stereocenters. The van der Waals surface area contributed by atoms with E-state index in [2.05, 4.69) is 33.4 Å². The lowest BCUT2D eigenvalue weighted by Crippen LogP contribution is -2.10. The van der Waals surface area contributed by atoms with Crippen molar-refractivity contribution in [3.05, 3.63) is 41.5 Å². The summed E-state index contributed by atoms with van der Waals surface area (Å²) >= 11 is 0. The van der Waals surface area contributed by atoms with Crippen LogP contribution in [0.5, 0.6) is 5.75 Å². The van der Waals surface area contributed by atoms with Crippen LogP contribution in [0.15, 0.2) is 30.4 Å². The fraction of sp³-hybridized carbons (Fsp3) is 0.400. The summed E-state index contributed by atoms with van der Waals surface area (Å²) in [6.07, 6.45) is 0.854. The van der Waals surface area contributed by atoms with Gasteiger partial charge < -0.3 is 4.74 Å². The summed E-state index contributed by atoms with van der Waals surface area (Å²) in [5.41, 5.74) is 2.76. The molecule has 0 N–H and O–H groups in total. The lowest BCUT2D eigenvalue weighted by Gasteiger charge is -2.15. The maximum absolute atomic E-state index is 11.5. The fourth-order valence-corrected chi connectivity index (χ4v) is 1.78. The van der Waals surface area contributed by atoms with Gasteiger partial charge in [-0.15, -0.1) is 0 Å². The van der Waals surface area contributed by atoms with E-state index < -0.39 is 0 Å². The summed E-state index contributed by atoms with van der Waals surface area (Å²) in [5, 5.41) is 0. The molecule has 0 atom stereocenters. The highest BCUT2D eigenvalue weighted by Gasteiger charge is 2.13. The molecule has 0 saturated heterocycles. The first-order chi connectivity index (χ1) is 7.97. The molecule has 0 fully saturated rings. The second-order valence-electron chi connectivity index (χ2n) is 4.50. The molecule has 0 aliphatic carbocycles. The van der Waals surface area contributed by atoms with Gasteiger partial charge in [0.05, 0.1) is 0 Å². The summed E-state index contributed by atoms with van der Waals surface area (Å²) in [7, 11) is 0. The molecule has 92 valence electrons. The smallest absolute Gasteiger partial charge is 0.338 e. The minimum absolute atomic E-state index is 0.361. The Morgan fingerprint density at radius 3 is 2.53 bits per heavy atom. The van der Waals surface area contributed by atoms with Crippen LogP contribution in [0.2, 0.25) is 0 Å². The van der Waals surface area contributed by atoms with Crippen molar-refractivity contribution in [3.8, 4) is 5.75 Å². The zero-order valence-corrected chi connectivity index (χ0v) is 11.0. The number of rotatable bonds is 4. The topological polar surface area (TPSA) is 26.3 Å². The molecule has 1 aromatic carbocycles. The first kappa shape index (κ1) is 13.5. The van der Waals surface area contributed by atoms with Gasteiger partial charge in [-0.05, 0) is 36.5 Å². The van der Waals surface area contributed by atoms with Gasteiger partial charge in [-0.2, -0.15) is 0 Å². The minimum atomic E-state index is -0.361. The minimum Gasteiger partial charge on any atom is -0.423 e. The number of carbonyl (C=O) groups excluding carboxylic acids is 1. The van der Waals surface area contributed by atoms with E-state index in [0.29, 0.717) is 17.2 Å². The van der Waals surface area contributed by atoms with Gasteiger partial charge in [0.25, 0.3) is 0 Å². The van der Waals surface area contributed by atoms with Gasteiger partial charge in [0.15, 0.2) is 0 Å². The molecular weight excluding hydrogens is 212 g/mol. The summed E-state index contributed by atoms with van der Waals surface area (Å²) < 4.78 is 5.35. The maximum atomic E-state index is 11.5. The molecule has 1 rings (SSSR count). The van der Waals surface area contributed by atoms with Crippen LogP contribution < -0.4 is 4.74 Å². The van der Waals surface area contributed by atoms with Crippen LogP contribution in [0, 0.1) is 0 Å². The number of carbonyl (C=O) groups is 1. The van der Waals surface area contributed by atoms with Crippen molar-refractivity contribution in [2.45, 2.75) is 40.0 Å². The van der Waals surface area contributed by atoms with Gasteiger partial charge in [-0.3, -0.25) is 0 Å². The second kappa shape index (κ2) is 5.67. The van der Waals surface area contributed by atoms with Crippen molar-refractivity contribution in [2.24, 2.45) is 0 Å². The third-order valence-electron chi connectivity index (χ3n) is 2.70. The molecule has 0 aliphatic rings. The highest BCUT2D eigenvalue weighted by atomic mass is 16.5. The molecule has 0 aromatic heterocycles. The lowest BCUT2D eigenvalue weighted by atomic mass is 9.95. The zero-order chi connectivity index (χ0) is 13.0. The van der Waals surface area contributed by atoms with Gasteiger partial charge in [-0.1, -0.05) is 39.5 Å². The summed E-state index contributed by atoms with van der Waals surface area (Å²) in [6, 6.07) is 5.85. The molecule has 2 nitrogen and oxygen atoms in total. The third-order valence-corrected chi connectivity index (χ3v) is 2.70. The van der Waals surface area contributed by atoms with Crippen LogP contribution in [0.1, 0.15) is 44.7 Å². The highest BCUT2D eigenvalue weighted by molar-refractivity contribution is 5.89. The zero-order valence-electron chi connectivity index (χ0n) is 11.0. The van der Waals surface area contributed by atoms with Crippen molar-refractivity contribution in [1.82, 2.24) is 0 Å². The first-order valence-electron chi connectivity index (χ1n) is 5.96. The van der Waals surface area contributed by atoms with Crippen molar-refractivity contribution < 1.29 is 9.53 Å². The Bertz CT molecular complexity index is 431. The first-order valence-corrected chi connectivity index (χ1v) is 5.96. The predicted octanol–water partition coefficient (Wildman–Crippen LogP) is 3.85. The number of esters is 1. The quantitative estimate of drug-likeness (QED) is 0.447. The van der Waals surface area contributed by atoms with E-state index in [1.165, 1.54) is 5.56 Å². The Hall–Kier alpha value is -1.57. The van der Waals surface area contributed by atoms with Crippen molar-refractivity contribution in [2.75, 3.05) is 0 Å². The number of benzene rings is 1. The molecule has 0 heterocycles. The monoisotopic (exact) mass is 232 g/mol. The fourth-order valence-electron chi connectivity index (χ4n) is 1.78. The molecule has 2 heteroatoms.